The number of nitrogens with zero attached hydrogens (tertiary/aromatic N) is 4. The highest BCUT2D eigenvalue weighted by atomic mass is 35.5. The molecule has 5 heteroatoms. The van der Waals surface area contributed by atoms with E-state index >= 15 is 0 Å². The Labute approximate surface area is 173 Å². The Kier molecular flexibility index (Phi) is 4.47. The van der Waals surface area contributed by atoms with Crippen molar-refractivity contribution in [3.63, 3.8) is 0 Å². The maximum atomic E-state index is 6.18. The van der Waals surface area contributed by atoms with Crippen LogP contribution in [0.2, 0.25) is 5.02 Å². The third kappa shape index (κ3) is 3.24. The van der Waals surface area contributed by atoms with Crippen LogP contribution in [0.3, 0.4) is 0 Å². The Morgan fingerprint density at radius 1 is 0.690 bits per heavy atom. The van der Waals surface area contributed by atoms with Gasteiger partial charge in [-0.15, -0.1) is 0 Å². The van der Waals surface area contributed by atoms with Gasteiger partial charge in [-0.05, 0) is 42.5 Å². The van der Waals surface area contributed by atoms with E-state index in [9.17, 15) is 0 Å². The van der Waals surface area contributed by atoms with Crippen LogP contribution in [0.4, 0.5) is 17.1 Å². The number of aromatic nitrogens is 3. The lowest BCUT2D eigenvalue weighted by Gasteiger charge is -2.25. The van der Waals surface area contributed by atoms with Gasteiger partial charge in [-0.2, -0.15) is 5.10 Å². The number of rotatable bonds is 4. The molecule has 5 aromatic rings. The van der Waals surface area contributed by atoms with Crippen molar-refractivity contribution in [2.24, 2.45) is 0 Å². The number of fused-ring (bicyclic) bond motifs is 1. The molecule has 0 aliphatic heterocycles. The van der Waals surface area contributed by atoms with E-state index in [4.69, 9.17) is 11.6 Å². The normalized spacial score (nSPS) is 10.9. The summed E-state index contributed by atoms with van der Waals surface area (Å²) in [7, 11) is 0. The van der Waals surface area contributed by atoms with Crippen molar-refractivity contribution in [2.75, 3.05) is 4.90 Å². The summed E-state index contributed by atoms with van der Waals surface area (Å²) in [6, 6.07) is 31.1. The van der Waals surface area contributed by atoms with Crippen LogP contribution in [0.5, 0.6) is 0 Å². The summed E-state index contributed by atoms with van der Waals surface area (Å²) in [6.45, 7) is 0. The maximum Gasteiger partial charge on any atom is 0.174 e. The second-order valence-corrected chi connectivity index (χ2v) is 7.02. The number of para-hydroxylation sites is 2. The van der Waals surface area contributed by atoms with E-state index in [0.29, 0.717) is 10.7 Å². The van der Waals surface area contributed by atoms with Gasteiger partial charge in [0, 0.05) is 28.8 Å². The van der Waals surface area contributed by atoms with E-state index in [-0.39, 0.29) is 0 Å². The molecule has 3 aromatic carbocycles. The molecule has 0 saturated heterocycles. The second-order valence-electron chi connectivity index (χ2n) is 6.61. The van der Waals surface area contributed by atoms with Gasteiger partial charge in [0.15, 0.2) is 5.65 Å². The molecule has 0 aliphatic carbocycles. The first-order valence-electron chi connectivity index (χ1n) is 9.30. The standard InChI is InChI=1S/C24H17ClN4/c25-22-17-27-29-23(15-16-26-24(22)29)18-11-13-21(14-12-18)28(19-7-3-1-4-8-19)20-9-5-2-6-10-20/h1-17H. The zero-order chi connectivity index (χ0) is 19.6. The monoisotopic (exact) mass is 396 g/mol. The van der Waals surface area contributed by atoms with Gasteiger partial charge in [0.2, 0.25) is 0 Å². The molecule has 4 nitrogen and oxygen atoms in total. The van der Waals surface area contributed by atoms with Crippen LogP contribution in [0.25, 0.3) is 16.9 Å². The van der Waals surface area contributed by atoms with E-state index < -0.39 is 0 Å². The third-order valence-corrected chi connectivity index (χ3v) is 5.07. The molecule has 0 atom stereocenters. The molecule has 0 spiro atoms. The minimum absolute atomic E-state index is 0.544. The Hall–Kier alpha value is -3.63. The fourth-order valence-electron chi connectivity index (χ4n) is 3.46. The van der Waals surface area contributed by atoms with Crippen LogP contribution in [0.1, 0.15) is 0 Å². The topological polar surface area (TPSA) is 33.4 Å². The predicted molar refractivity (Wildman–Crippen MR) is 118 cm³/mol. The predicted octanol–water partition coefficient (Wildman–Crippen LogP) is 6.52. The average molecular weight is 397 g/mol. The minimum atomic E-state index is 0.544. The molecule has 0 unspecified atom stereocenters. The summed E-state index contributed by atoms with van der Waals surface area (Å²) >= 11 is 6.18. The lowest BCUT2D eigenvalue weighted by Crippen LogP contribution is -2.09. The summed E-state index contributed by atoms with van der Waals surface area (Å²) in [5, 5.41) is 4.90. The highest BCUT2D eigenvalue weighted by molar-refractivity contribution is 6.33. The van der Waals surface area contributed by atoms with Crippen molar-refractivity contribution >= 4 is 34.3 Å². The van der Waals surface area contributed by atoms with E-state index in [2.05, 4.69) is 87.8 Å². The average Bonchev–Trinajstić information content (AvgIpc) is 3.17. The van der Waals surface area contributed by atoms with Gasteiger partial charge >= 0.3 is 0 Å². The fraction of sp³-hybridized carbons (Fsp3) is 0. The number of hydrogen-bond donors (Lipinski definition) is 0. The van der Waals surface area contributed by atoms with E-state index in [1.807, 2.05) is 18.2 Å². The first-order valence-corrected chi connectivity index (χ1v) is 9.68. The highest BCUT2D eigenvalue weighted by Gasteiger charge is 2.13. The Balaban J connectivity index is 1.59. The van der Waals surface area contributed by atoms with E-state index in [1.165, 1.54) is 0 Å². The zero-order valence-corrected chi connectivity index (χ0v) is 16.2. The quantitative estimate of drug-likeness (QED) is 0.346. The number of halogens is 1. The summed E-state index contributed by atoms with van der Waals surface area (Å²) in [5.41, 5.74) is 5.94. The molecule has 5 rings (SSSR count). The molecule has 0 bridgehead atoms. The SMILES string of the molecule is Clc1cnn2c(-c3ccc(N(c4ccccc4)c4ccccc4)cc3)ccnc12. The third-order valence-electron chi connectivity index (χ3n) is 4.81. The van der Waals surface area contributed by atoms with Gasteiger partial charge in [-0.3, -0.25) is 0 Å². The zero-order valence-electron chi connectivity index (χ0n) is 15.5. The van der Waals surface area contributed by atoms with Crippen molar-refractivity contribution in [1.29, 1.82) is 0 Å². The van der Waals surface area contributed by atoms with Crippen LogP contribution >= 0.6 is 11.6 Å². The molecule has 29 heavy (non-hydrogen) atoms. The van der Waals surface area contributed by atoms with Gasteiger partial charge in [-0.1, -0.05) is 60.1 Å². The first-order chi connectivity index (χ1) is 14.3. The van der Waals surface area contributed by atoms with Crippen molar-refractivity contribution in [3.8, 4) is 11.3 Å². The molecule has 0 N–H and O–H groups in total. The van der Waals surface area contributed by atoms with E-state index in [0.717, 1.165) is 28.3 Å². The van der Waals surface area contributed by atoms with Crippen LogP contribution in [0, 0.1) is 0 Å². The Morgan fingerprint density at radius 2 is 1.28 bits per heavy atom. The molecule has 0 saturated carbocycles. The largest absolute Gasteiger partial charge is 0.311 e. The molecule has 2 aromatic heterocycles. The van der Waals surface area contributed by atoms with E-state index in [1.54, 1.807) is 16.9 Å². The minimum Gasteiger partial charge on any atom is -0.311 e. The number of anilines is 3. The number of hydrogen-bond acceptors (Lipinski definition) is 3. The summed E-state index contributed by atoms with van der Waals surface area (Å²) in [4.78, 5) is 6.55. The molecule has 0 aliphatic rings. The lowest BCUT2D eigenvalue weighted by atomic mass is 10.1. The van der Waals surface area contributed by atoms with Crippen LogP contribution in [-0.2, 0) is 0 Å². The molecule has 0 radical (unpaired) electrons. The molecule has 2 heterocycles. The smallest absolute Gasteiger partial charge is 0.174 e. The Bertz CT molecular complexity index is 1210. The highest BCUT2D eigenvalue weighted by Crippen LogP contribution is 2.35. The lowest BCUT2D eigenvalue weighted by molar-refractivity contribution is 0.948. The van der Waals surface area contributed by atoms with Crippen molar-refractivity contribution in [3.05, 3.63) is 108 Å². The second kappa shape index (κ2) is 7.41. The molecule has 0 amide bonds. The maximum absolute atomic E-state index is 6.18. The number of benzene rings is 3. The Morgan fingerprint density at radius 3 is 1.90 bits per heavy atom. The fourth-order valence-corrected chi connectivity index (χ4v) is 3.64. The van der Waals surface area contributed by atoms with Gasteiger partial charge in [0.25, 0.3) is 0 Å². The molecular weight excluding hydrogens is 380 g/mol. The van der Waals surface area contributed by atoms with Gasteiger partial charge in [-0.25, -0.2) is 9.50 Å². The van der Waals surface area contributed by atoms with Gasteiger partial charge in [0.1, 0.15) is 5.02 Å². The van der Waals surface area contributed by atoms with Crippen LogP contribution in [-0.4, -0.2) is 14.6 Å². The van der Waals surface area contributed by atoms with Crippen LogP contribution < -0.4 is 4.90 Å². The summed E-state index contributed by atoms with van der Waals surface area (Å²) in [5.74, 6) is 0. The van der Waals surface area contributed by atoms with Crippen molar-refractivity contribution < 1.29 is 0 Å². The molecule has 0 fully saturated rings. The van der Waals surface area contributed by atoms with Crippen LogP contribution in [0.15, 0.2) is 103 Å². The molecule has 140 valence electrons. The van der Waals surface area contributed by atoms with Crippen molar-refractivity contribution in [2.45, 2.75) is 0 Å². The summed E-state index contributed by atoms with van der Waals surface area (Å²) in [6.07, 6.45) is 3.38. The van der Waals surface area contributed by atoms with Gasteiger partial charge < -0.3 is 4.90 Å². The van der Waals surface area contributed by atoms with Gasteiger partial charge in [0.05, 0.1) is 11.9 Å². The first kappa shape index (κ1) is 17.5. The summed E-state index contributed by atoms with van der Waals surface area (Å²) < 4.78 is 1.77. The molecular formula is C24H17ClN4. The van der Waals surface area contributed by atoms with Crippen molar-refractivity contribution in [1.82, 2.24) is 14.6 Å².